The zero-order valence-electron chi connectivity index (χ0n) is 9.44. The molecule has 0 aliphatic heterocycles. The molecule has 4 rings (SSSR count). The van der Waals surface area contributed by atoms with Crippen molar-refractivity contribution in [3.05, 3.63) is 47.7 Å². The van der Waals surface area contributed by atoms with E-state index in [1.807, 2.05) is 0 Å². The summed E-state index contributed by atoms with van der Waals surface area (Å²) in [6.07, 6.45) is 7.72. The Morgan fingerprint density at radius 3 is 3.12 bits per heavy atom. The minimum absolute atomic E-state index is 0.266. The van der Waals surface area contributed by atoms with E-state index in [0.717, 1.165) is 6.42 Å². The molecule has 1 aromatic carbocycles. The van der Waals surface area contributed by atoms with Crippen LogP contribution in [0.25, 0.3) is 10.9 Å². The van der Waals surface area contributed by atoms with Crippen LogP contribution in [0.15, 0.2) is 36.5 Å². The zero-order valence-corrected chi connectivity index (χ0v) is 9.44. The summed E-state index contributed by atoms with van der Waals surface area (Å²) in [6, 6.07) is 6.38. The van der Waals surface area contributed by atoms with Gasteiger partial charge in [-0.25, -0.2) is 0 Å². The Bertz CT molecular complexity index is 650. The fourth-order valence-electron chi connectivity index (χ4n) is 3.36. The van der Waals surface area contributed by atoms with Gasteiger partial charge in [0, 0.05) is 23.5 Å². The smallest absolute Gasteiger partial charge is 0.156 e. The second-order valence-corrected chi connectivity index (χ2v) is 5.09. The Morgan fingerprint density at radius 1 is 1.24 bits per heavy atom. The number of aromatic amines is 1. The third-order valence-electron chi connectivity index (χ3n) is 4.14. The van der Waals surface area contributed by atoms with E-state index in [2.05, 4.69) is 35.5 Å². The zero-order chi connectivity index (χ0) is 11.4. The molecule has 1 N–H and O–H groups in total. The molecule has 2 aromatic rings. The Morgan fingerprint density at radius 2 is 2.18 bits per heavy atom. The summed E-state index contributed by atoms with van der Waals surface area (Å²) in [6.45, 7) is 0. The highest BCUT2D eigenvalue weighted by atomic mass is 16.1. The quantitative estimate of drug-likeness (QED) is 0.731. The first-order valence-electron chi connectivity index (χ1n) is 6.13. The van der Waals surface area contributed by atoms with Crippen molar-refractivity contribution < 1.29 is 4.79 Å². The van der Waals surface area contributed by atoms with Crippen LogP contribution in [-0.4, -0.2) is 10.8 Å². The van der Waals surface area contributed by atoms with Gasteiger partial charge in [-0.3, -0.25) is 4.79 Å². The van der Waals surface area contributed by atoms with E-state index in [0.29, 0.717) is 18.3 Å². The highest BCUT2D eigenvalue weighted by molar-refractivity contribution is 5.94. The molecule has 0 saturated carbocycles. The molecule has 1 heterocycles. The maximum absolute atomic E-state index is 11.6. The van der Waals surface area contributed by atoms with Gasteiger partial charge in [0.25, 0.3) is 0 Å². The van der Waals surface area contributed by atoms with Crippen LogP contribution in [0.2, 0.25) is 0 Å². The molecule has 2 nitrogen and oxygen atoms in total. The Hall–Kier alpha value is -1.83. The Labute approximate surface area is 99.3 Å². The van der Waals surface area contributed by atoms with Gasteiger partial charge in [0.1, 0.15) is 0 Å². The molecule has 0 bridgehead atoms. The van der Waals surface area contributed by atoms with Crippen molar-refractivity contribution in [3.63, 3.8) is 0 Å². The van der Waals surface area contributed by atoms with Crippen LogP contribution >= 0.6 is 0 Å². The second-order valence-electron chi connectivity index (χ2n) is 5.09. The standard InChI is InChI=1S/C15H13NO/c17-11-5-4-9-6-10-8-16-14-3-1-2-12(15(10)14)13(9)7-11/h1-5,8-9,13,16H,6-7H2/t9?,13-/m0/s1. The van der Waals surface area contributed by atoms with Crippen molar-refractivity contribution in [2.75, 3.05) is 0 Å². The van der Waals surface area contributed by atoms with Crippen molar-refractivity contribution in [3.8, 4) is 0 Å². The molecule has 0 spiro atoms. The maximum atomic E-state index is 11.6. The summed E-state index contributed by atoms with van der Waals surface area (Å²) in [5, 5.41) is 1.36. The van der Waals surface area contributed by atoms with Gasteiger partial charge in [0.2, 0.25) is 0 Å². The number of rotatable bonds is 0. The van der Waals surface area contributed by atoms with Crippen LogP contribution in [0.5, 0.6) is 0 Å². The fraction of sp³-hybridized carbons (Fsp3) is 0.267. The first-order chi connectivity index (χ1) is 8.33. The summed E-state index contributed by atoms with van der Waals surface area (Å²) in [7, 11) is 0. The SMILES string of the molecule is O=C1C=CC2Cc3c[nH]c4cccc(c34)[C@H]2C1. The lowest BCUT2D eigenvalue weighted by Crippen LogP contribution is -2.23. The summed E-state index contributed by atoms with van der Waals surface area (Å²) in [5.74, 6) is 1.16. The molecular weight excluding hydrogens is 210 g/mol. The Kier molecular flexibility index (Phi) is 1.68. The number of H-pyrrole nitrogens is 1. The van der Waals surface area contributed by atoms with Gasteiger partial charge in [0.05, 0.1) is 0 Å². The number of nitrogens with one attached hydrogen (secondary N) is 1. The first kappa shape index (κ1) is 9.23. The summed E-state index contributed by atoms with van der Waals surface area (Å²) >= 11 is 0. The molecule has 0 radical (unpaired) electrons. The first-order valence-corrected chi connectivity index (χ1v) is 6.13. The van der Waals surface area contributed by atoms with E-state index >= 15 is 0 Å². The van der Waals surface area contributed by atoms with Gasteiger partial charge >= 0.3 is 0 Å². The van der Waals surface area contributed by atoms with Crippen molar-refractivity contribution in [1.82, 2.24) is 4.98 Å². The number of carbonyl (C=O) groups excluding carboxylic acids is 1. The number of benzene rings is 1. The number of ketones is 1. The molecule has 2 aliphatic carbocycles. The lowest BCUT2D eigenvalue weighted by Gasteiger charge is -2.31. The van der Waals surface area contributed by atoms with Gasteiger partial charge in [-0.05, 0) is 41.5 Å². The normalized spacial score (nSPS) is 26.2. The average molecular weight is 223 g/mol. The van der Waals surface area contributed by atoms with Crippen LogP contribution < -0.4 is 0 Å². The number of fused-ring (bicyclic) bond motifs is 2. The number of allylic oxidation sites excluding steroid dienone is 2. The van der Waals surface area contributed by atoms with Crippen LogP contribution in [0.1, 0.15) is 23.5 Å². The van der Waals surface area contributed by atoms with Crippen LogP contribution in [0.3, 0.4) is 0 Å². The minimum atomic E-state index is 0.266. The lowest BCUT2D eigenvalue weighted by molar-refractivity contribution is -0.115. The molecule has 84 valence electrons. The average Bonchev–Trinajstić information content (AvgIpc) is 2.75. The molecule has 1 unspecified atom stereocenters. The van der Waals surface area contributed by atoms with E-state index in [1.54, 1.807) is 6.08 Å². The Balaban J connectivity index is 2.00. The predicted octanol–water partition coefficient (Wildman–Crippen LogP) is 2.95. The van der Waals surface area contributed by atoms with Crippen molar-refractivity contribution in [2.45, 2.75) is 18.8 Å². The number of hydrogen-bond donors (Lipinski definition) is 1. The number of aromatic nitrogens is 1. The minimum Gasteiger partial charge on any atom is -0.361 e. The topological polar surface area (TPSA) is 32.9 Å². The van der Waals surface area contributed by atoms with Crippen LogP contribution in [0, 0.1) is 5.92 Å². The molecule has 0 saturated heterocycles. The monoisotopic (exact) mass is 223 g/mol. The fourth-order valence-corrected chi connectivity index (χ4v) is 3.36. The maximum Gasteiger partial charge on any atom is 0.156 e. The molecule has 2 atom stereocenters. The van der Waals surface area contributed by atoms with Crippen molar-refractivity contribution >= 4 is 16.7 Å². The molecule has 0 fully saturated rings. The van der Waals surface area contributed by atoms with E-state index in [9.17, 15) is 4.79 Å². The van der Waals surface area contributed by atoms with Gasteiger partial charge in [-0.2, -0.15) is 0 Å². The van der Waals surface area contributed by atoms with E-state index in [1.165, 1.54) is 22.0 Å². The molecule has 0 amide bonds. The van der Waals surface area contributed by atoms with Gasteiger partial charge in [-0.15, -0.1) is 0 Å². The van der Waals surface area contributed by atoms with Gasteiger partial charge < -0.3 is 4.98 Å². The predicted molar refractivity (Wildman–Crippen MR) is 67.0 cm³/mol. The van der Waals surface area contributed by atoms with Crippen LogP contribution in [0.4, 0.5) is 0 Å². The van der Waals surface area contributed by atoms with E-state index in [-0.39, 0.29) is 5.78 Å². The highest BCUT2D eigenvalue weighted by Gasteiger charge is 2.32. The molecular formula is C15H13NO. The van der Waals surface area contributed by atoms with Crippen molar-refractivity contribution in [1.29, 1.82) is 0 Å². The third kappa shape index (κ3) is 1.18. The third-order valence-corrected chi connectivity index (χ3v) is 4.14. The van der Waals surface area contributed by atoms with Crippen LogP contribution in [-0.2, 0) is 11.2 Å². The largest absolute Gasteiger partial charge is 0.361 e. The molecule has 17 heavy (non-hydrogen) atoms. The van der Waals surface area contributed by atoms with E-state index in [4.69, 9.17) is 0 Å². The van der Waals surface area contributed by atoms with E-state index < -0.39 is 0 Å². The number of hydrogen-bond acceptors (Lipinski definition) is 1. The highest BCUT2D eigenvalue weighted by Crippen LogP contribution is 2.43. The van der Waals surface area contributed by atoms with Gasteiger partial charge in [-0.1, -0.05) is 18.2 Å². The van der Waals surface area contributed by atoms with Crippen molar-refractivity contribution in [2.24, 2.45) is 5.92 Å². The number of carbonyl (C=O) groups is 1. The second kappa shape index (κ2) is 3.10. The van der Waals surface area contributed by atoms with Gasteiger partial charge in [0.15, 0.2) is 5.78 Å². The molecule has 1 aromatic heterocycles. The molecule has 2 aliphatic rings. The summed E-state index contributed by atoms with van der Waals surface area (Å²) < 4.78 is 0. The lowest BCUT2D eigenvalue weighted by atomic mass is 9.71. The molecule has 2 heteroatoms. The summed E-state index contributed by atoms with van der Waals surface area (Å²) in [5.41, 5.74) is 3.96. The summed E-state index contributed by atoms with van der Waals surface area (Å²) in [4.78, 5) is 14.9.